The van der Waals surface area contributed by atoms with Gasteiger partial charge in [-0.25, -0.2) is 0 Å². The highest BCUT2D eigenvalue weighted by Gasteiger charge is 2.02. The first-order valence-corrected chi connectivity index (χ1v) is 3.88. The first kappa shape index (κ1) is 6.41. The Morgan fingerprint density at radius 1 is 0.818 bits per heavy atom. The second-order valence-electron chi connectivity index (χ2n) is 2.69. The molecule has 0 N–H and O–H groups in total. The molecule has 0 heteroatoms. The summed E-state index contributed by atoms with van der Waals surface area (Å²) >= 11 is 0. The second-order valence-corrected chi connectivity index (χ2v) is 2.69. The average molecular weight is 142 g/mol. The van der Waals surface area contributed by atoms with Gasteiger partial charge in [-0.15, -0.1) is 0 Å². The zero-order chi connectivity index (χ0) is 7.52. The zero-order valence-corrected chi connectivity index (χ0v) is 6.33. The van der Waals surface area contributed by atoms with Gasteiger partial charge in [-0.3, -0.25) is 0 Å². The second kappa shape index (κ2) is 2.75. The van der Waals surface area contributed by atoms with Crippen LogP contribution in [-0.2, 0) is 0 Å². The van der Waals surface area contributed by atoms with Crippen molar-refractivity contribution in [3.63, 3.8) is 0 Å². The summed E-state index contributed by atoms with van der Waals surface area (Å²) in [6.45, 7) is 0. The first-order chi connectivity index (χ1) is 5.47. The van der Waals surface area contributed by atoms with Crippen molar-refractivity contribution >= 4 is 0 Å². The molecule has 0 fully saturated rings. The summed E-state index contributed by atoms with van der Waals surface area (Å²) in [4.78, 5) is 0. The van der Waals surface area contributed by atoms with Gasteiger partial charge >= 0.3 is 0 Å². The normalized spacial score (nSPS) is 26.2. The van der Waals surface area contributed by atoms with Crippen LogP contribution in [0.15, 0.2) is 59.8 Å². The molecule has 0 heterocycles. The van der Waals surface area contributed by atoms with Gasteiger partial charge in [0.1, 0.15) is 0 Å². The number of rotatable bonds is 0. The highest BCUT2D eigenvalue weighted by Crippen LogP contribution is 2.21. The maximum absolute atomic E-state index is 2.20. The van der Waals surface area contributed by atoms with E-state index < -0.39 is 0 Å². The Morgan fingerprint density at radius 3 is 2.55 bits per heavy atom. The van der Waals surface area contributed by atoms with E-state index in [0.717, 1.165) is 6.42 Å². The van der Waals surface area contributed by atoms with E-state index in [0.29, 0.717) is 0 Å². The van der Waals surface area contributed by atoms with Gasteiger partial charge in [0.25, 0.3) is 0 Å². The first-order valence-electron chi connectivity index (χ1n) is 3.88. The fraction of sp³-hybridized carbons (Fsp3) is 0.0909. The van der Waals surface area contributed by atoms with E-state index in [1.165, 1.54) is 11.1 Å². The summed E-state index contributed by atoms with van der Waals surface area (Å²) in [5, 5.41) is 0. The minimum atomic E-state index is 1.09. The van der Waals surface area contributed by atoms with Crippen LogP contribution in [0.2, 0.25) is 0 Å². The molecule has 2 aliphatic carbocycles. The predicted octanol–water partition coefficient (Wildman–Crippen LogP) is 2.93. The number of hydrogen-bond acceptors (Lipinski definition) is 0. The molecule has 0 spiro atoms. The molecule has 2 rings (SSSR count). The molecule has 0 aromatic rings. The van der Waals surface area contributed by atoms with E-state index >= 15 is 0 Å². The standard InChI is InChI=1S/C11H10/c1-2-4-7-11-9-5-8-10(11)6-3-1/h1-8H,9H2/b2-1-,3-1?,4-2?,6-3?,7-4-,10-6?,11-7?. The Labute approximate surface area is 66.9 Å². The smallest absolute Gasteiger partial charge is 0.00882 e. The molecular weight excluding hydrogens is 132 g/mol. The monoisotopic (exact) mass is 142 g/mol. The molecule has 0 radical (unpaired) electrons. The van der Waals surface area contributed by atoms with Gasteiger partial charge < -0.3 is 0 Å². The third-order valence-electron chi connectivity index (χ3n) is 1.91. The van der Waals surface area contributed by atoms with Crippen LogP contribution >= 0.6 is 0 Å². The van der Waals surface area contributed by atoms with E-state index in [9.17, 15) is 0 Å². The Bertz CT molecular complexity index is 296. The lowest BCUT2D eigenvalue weighted by Gasteiger charge is -1.96. The third-order valence-corrected chi connectivity index (χ3v) is 1.91. The van der Waals surface area contributed by atoms with E-state index in [-0.39, 0.29) is 0 Å². The van der Waals surface area contributed by atoms with E-state index in [2.05, 4.69) is 42.5 Å². The maximum atomic E-state index is 2.20. The fourth-order valence-electron chi connectivity index (χ4n) is 1.32. The van der Waals surface area contributed by atoms with Crippen LogP contribution < -0.4 is 0 Å². The van der Waals surface area contributed by atoms with Gasteiger partial charge in [0.2, 0.25) is 0 Å². The fourth-order valence-corrected chi connectivity index (χ4v) is 1.32. The Kier molecular flexibility index (Phi) is 1.60. The van der Waals surface area contributed by atoms with Crippen molar-refractivity contribution in [2.45, 2.75) is 6.42 Å². The van der Waals surface area contributed by atoms with Crippen molar-refractivity contribution in [1.82, 2.24) is 0 Å². The maximum Gasteiger partial charge on any atom is -0.00882 e. The van der Waals surface area contributed by atoms with Gasteiger partial charge in [0, 0.05) is 0 Å². The van der Waals surface area contributed by atoms with Crippen LogP contribution in [0.5, 0.6) is 0 Å². The summed E-state index contributed by atoms with van der Waals surface area (Å²) in [7, 11) is 0. The van der Waals surface area contributed by atoms with E-state index in [4.69, 9.17) is 0 Å². The predicted molar refractivity (Wildman–Crippen MR) is 48.2 cm³/mol. The van der Waals surface area contributed by atoms with Crippen LogP contribution in [0.25, 0.3) is 0 Å². The molecule has 0 aliphatic heterocycles. The van der Waals surface area contributed by atoms with Crippen molar-refractivity contribution in [2.24, 2.45) is 0 Å². The Morgan fingerprint density at radius 2 is 1.64 bits per heavy atom. The highest BCUT2D eigenvalue weighted by atomic mass is 14.1. The van der Waals surface area contributed by atoms with Crippen LogP contribution in [0, 0.1) is 0 Å². The quantitative estimate of drug-likeness (QED) is 0.488. The molecule has 0 nitrogen and oxygen atoms in total. The van der Waals surface area contributed by atoms with Gasteiger partial charge in [-0.2, -0.15) is 0 Å². The SMILES string of the molecule is C1=CC2=C(/C=C\C=C/1)CC=C2. The number of allylic oxidation sites excluding steroid dienone is 10. The van der Waals surface area contributed by atoms with Crippen molar-refractivity contribution in [3.05, 3.63) is 59.8 Å². The lowest BCUT2D eigenvalue weighted by molar-refractivity contribution is 1.32. The molecule has 0 saturated carbocycles. The Balaban J connectivity index is 2.38. The summed E-state index contributed by atoms with van der Waals surface area (Å²) in [6, 6.07) is 0. The Hall–Kier alpha value is -1.30. The minimum absolute atomic E-state index is 1.09. The minimum Gasteiger partial charge on any atom is -0.0795 e. The molecule has 0 atom stereocenters. The van der Waals surface area contributed by atoms with Crippen molar-refractivity contribution in [1.29, 1.82) is 0 Å². The molecule has 0 aromatic carbocycles. The average Bonchev–Trinajstić information content (AvgIpc) is 2.35. The van der Waals surface area contributed by atoms with Gasteiger partial charge in [-0.1, -0.05) is 48.6 Å². The van der Waals surface area contributed by atoms with Crippen molar-refractivity contribution in [3.8, 4) is 0 Å². The highest BCUT2D eigenvalue weighted by molar-refractivity contribution is 5.48. The molecule has 0 amide bonds. The topological polar surface area (TPSA) is 0 Å². The van der Waals surface area contributed by atoms with E-state index in [1.54, 1.807) is 0 Å². The van der Waals surface area contributed by atoms with Crippen LogP contribution in [-0.4, -0.2) is 0 Å². The zero-order valence-electron chi connectivity index (χ0n) is 6.33. The molecule has 0 aromatic heterocycles. The molecule has 0 saturated heterocycles. The summed E-state index contributed by atoms with van der Waals surface area (Å²) in [5.74, 6) is 0. The van der Waals surface area contributed by atoms with Crippen molar-refractivity contribution in [2.75, 3.05) is 0 Å². The summed E-state index contributed by atoms with van der Waals surface area (Å²) < 4.78 is 0. The largest absolute Gasteiger partial charge is 0.0795 e. The van der Waals surface area contributed by atoms with Gasteiger partial charge in [-0.05, 0) is 17.6 Å². The van der Waals surface area contributed by atoms with Crippen molar-refractivity contribution < 1.29 is 0 Å². The van der Waals surface area contributed by atoms with Crippen LogP contribution in [0.3, 0.4) is 0 Å². The number of hydrogen-bond donors (Lipinski definition) is 0. The third kappa shape index (κ3) is 1.25. The molecule has 54 valence electrons. The molecule has 2 aliphatic rings. The lowest BCUT2D eigenvalue weighted by atomic mass is 10.1. The summed E-state index contributed by atoms with van der Waals surface area (Å²) in [6.07, 6.45) is 18.1. The van der Waals surface area contributed by atoms with Crippen LogP contribution in [0.1, 0.15) is 6.42 Å². The van der Waals surface area contributed by atoms with Gasteiger partial charge in [0.15, 0.2) is 0 Å². The molecular formula is C11H10. The lowest BCUT2D eigenvalue weighted by Crippen LogP contribution is -1.77. The summed E-state index contributed by atoms with van der Waals surface area (Å²) in [5.41, 5.74) is 2.77. The molecule has 0 unspecified atom stereocenters. The van der Waals surface area contributed by atoms with Gasteiger partial charge in [0.05, 0.1) is 0 Å². The van der Waals surface area contributed by atoms with Crippen LogP contribution in [0.4, 0.5) is 0 Å². The molecule has 0 bridgehead atoms. The van der Waals surface area contributed by atoms with E-state index in [1.807, 2.05) is 6.08 Å². The molecule has 11 heavy (non-hydrogen) atoms.